The fourth-order valence-electron chi connectivity index (χ4n) is 2.58. The molecule has 0 aliphatic heterocycles. The quantitative estimate of drug-likeness (QED) is 0.471. The summed E-state index contributed by atoms with van der Waals surface area (Å²) < 4.78 is 32.5. The minimum absolute atomic E-state index is 0.0635. The summed E-state index contributed by atoms with van der Waals surface area (Å²) >= 11 is 5.85. The van der Waals surface area contributed by atoms with Gasteiger partial charge in [-0.15, -0.1) is 0 Å². The maximum atomic E-state index is 12.5. The number of H-pyrrole nitrogens is 1. The fourth-order valence-corrected chi connectivity index (χ4v) is 3.03. The number of aryl methyl sites for hydroxylation is 1. The number of aromatic amines is 1. The number of aromatic nitrogens is 3. The van der Waals surface area contributed by atoms with Gasteiger partial charge < -0.3 is 4.52 Å². The number of nitrogens with zero attached hydrogens (tertiary/aromatic N) is 2. The number of benzene rings is 1. The summed E-state index contributed by atoms with van der Waals surface area (Å²) in [5.74, 6) is 0.111. The molecule has 8 nitrogen and oxygen atoms in total. The summed E-state index contributed by atoms with van der Waals surface area (Å²) in [6.45, 7) is 1.41. The molecule has 0 amide bonds. The Hall–Kier alpha value is -2.49. The summed E-state index contributed by atoms with van der Waals surface area (Å²) in [4.78, 5) is 12.5. The van der Waals surface area contributed by atoms with Gasteiger partial charge in [0.15, 0.2) is 11.5 Å². The Morgan fingerprint density at radius 2 is 2.00 bits per heavy atom. The van der Waals surface area contributed by atoms with Gasteiger partial charge in [-0.1, -0.05) is 16.8 Å². The molecule has 2 heterocycles. The molecule has 0 spiro atoms. The number of nitrogens with one attached hydrogen (secondary N) is 1. The number of hydrogen-bond acceptors (Lipinski definition) is 7. The van der Waals surface area contributed by atoms with Gasteiger partial charge >= 0.3 is 0 Å². The molecular weight excluding hydrogens is 394 g/mol. The number of halogens is 1. The first-order chi connectivity index (χ1) is 12.7. The first-order valence-corrected chi connectivity index (χ1v) is 10.0. The van der Waals surface area contributed by atoms with Gasteiger partial charge in [-0.2, -0.15) is 13.5 Å². The Kier molecular flexibility index (Phi) is 5.45. The summed E-state index contributed by atoms with van der Waals surface area (Å²) in [5, 5.41) is 11.2. The van der Waals surface area contributed by atoms with Crippen LogP contribution in [0, 0.1) is 6.92 Å². The lowest BCUT2D eigenvalue weighted by atomic mass is 9.99. The zero-order chi connectivity index (χ0) is 19.6. The topological polar surface area (TPSA) is 115 Å². The van der Waals surface area contributed by atoms with Crippen LogP contribution in [0.15, 0.2) is 35.0 Å². The summed E-state index contributed by atoms with van der Waals surface area (Å²) in [5.41, 5.74) is 2.75. The number of rotatable bonds is 7. The molecule has 10 heteroatoms. The van der Waals surface area contributed by atoms with Crippen molar-refractivity contribution in [3.05, 3.63) is 58.2 Å². The molecule has 0 aliphatic rings. The van der Waals surface area contributed by atoms with E-state index in [1.54, 1.807) is 31.2 Å². The Morgan fingerprint density at radius 3 is 2.67 bits per heavy atom. The Labute approximate surface area is 160 Å². The number of carbonyl (C=O) groups is 1. The SMILES string of the molecule is Cc1noc(COS(C)(=O)=O)c1-c1cn[nH]c1CC(=O)c1ccc(Cl)cc1. The van der Waals surface area contributed by atoms with Crippen molar-refractivity contribution in [1.29, 1.82) is 0 Å². The molecule has 142 valence electrons. The van der Waals surface area contributed by atoms with Gasteiger partial charge in [0, 0.05) is 16.1 Å². The summed E-state index contributed by atoms with van der Waals surface area (Å²) in [7, 11) is -3.64. The highest BCUT2D eigenvalue weighted by Gasteiger charge is 2.22. The fraction of sp³-hybridized carbons (Fsp3) is 0.235. The van der Waals surface area contributed by atoms with Gasteiger partial charge in [-0.25, -0.2) is 0 Å². The molecule has 1 aromatic carbocycles. The second-order valence-corrected chi connectivity index (χ2v) is 7.98. The lowest BCUT2D eigenvalue weighted by Gasteiger charge is -2.05. The maximum Gasteiger partial charge on any atom is 0.264 e. The third-order valence-electron chi connectivity index (χ3n) is 3.83. The zero-order valence-electron chi connectivity index (χ0n) is 14.5. The Balaban J connectivity index is 1.88. The van der Waals surface area contributed by atoms with Crippen LogP contribution in [0.4, 0.5) is 0 Å². The van der Waals surface area contributed by atoms with E-state index in [0.717, 1.165) is 6.26 Å². The lowest BCUT2D eigenvalue weighted by Crippen LogP contribution is -2.06. The number of ketones is 1. The first-order valence-electron chi connectivity index (χ1n) is 7.85. The molecule has 0 saturated heterocycles. The number of carbonyl (C=O) groups excluding carboxylic acids is 1. The van der Waals surface area contributed by atoms with Crippen LogP contribution in [0.2, 0.25) is 5.02 Å². The molecular formula is C17H16ClN3O5S. The van der Waals surface area contributed by atoms with Crippen molar-refractivity contribution in [2.45, 2.75) is 20.0 Å². The minimum atomic E-state index is -3.64. The molecule has 2 aromatic heterocycles. The highest BCUT2D eigenvalue weighted by molar-refractivity contribution is 7.85. The molecule has 27 heavy (non-hydrogen) atoms. The highest BCUT2D eigenvalue weighted by Crippen LogP contribution is 2.30. The molecule has 1 N–H and O–H groups in total. The van der Waals surface area contributed by atoms with E-state index in [-0.39, 0.29) is 24.6 Å². The maximum absolute atomic E-state index is 12.5. The van der Waals surface area contributed by atoms with E-state index in [9.17, 15) is 13.2 Å². The van der Waals surface area contributed by atoms with Crippen molar-refractivity contribution in [2.75, 3.05) is 6.26 Å². The highest BCUT2D eigenvalue weighted by atomic mass is 35.5. The molecule has 0 bridgehead atoms. The van der Waals surface area contributed by atoms with E-state index in [4.69, 9.17) is 20.3 Å². The van der Waals surface area contributed by atoms with E-state index >= 15 is 0 Å². The minimum Gasteiger partial charge on any atom is -0.358 e. The molecule has 0 aliphatic carbocycles. The van der Waals surface area contributed by atoms with Crippen molar-refractivity contribution in [3.8, 4) is 11.1 Å². The van der Waals surface area contributed by atoms with Crippen LogP contribution < -0.4 is 0 Å². The van der Waals surface area contributed by atoms with Crippen LogP contribution >= 0.6 is 11.6 Å². The van der Waals surface area contributed by atoms with E-state index in [1.807, 2.05) is 0 Å². The average Bonchev–Trinajstić information content (AvgIpc) is 3.18. The second-order valence-electron chi connectivity index (χ2n) is 5.90. The molecule has 0 fully saturated rings. The largest absolute Gasteiger partial charge is 0.358 e. The van der Waals surface area contributed by atoms with Crippen molar-refractivity contribution in [1.82, 2.24) is 15.4 Å². The van der Waals surface area contributed by atoms with Gasteiger partial charge in [0.1, 0.15) is 6.61 Å². The first kappa shape index (κ1) is 19.3. The smallest absolute Gasteiger partial charge is 0.264 e. The Morgan fingerprint density at radius 1 is 1.30 bits per heavy atom. The van der Waals surface area contributed by atoms with Crippen LogP contribution in [0.5, 0.6) is 0 Å². The molecule has 3 rings (SSSR count). The molecule has 0 unspecified atom stereocenters. The summed E-state index contributed by atoms with van der Waals surface area (Å²) in [6.07, 6.45) is 2.55. The normalized spacial score (nSPS) is 11.7. The van der Waals surface area contributed by atoms with Crippen molar-refractivity contribution >= 4 is 27.5 Å². The van der Waals surface area contributed by atoms with Crippen molar-refractivity contribution < 1.29 is 21.9 Å². The monoisotopic (exact) mass is 409 g/mol. The zero-order valence-corrected chi connectivity index (χ0v) is 16.1. The predicted molar refractivity (Wildman–Crippen MR) is 97.9 cm³/mol. The molecule has 0 saturated carbocycles. The molecule has 0 atom stereocenters. The van der Waals surface area contributed by atoms with E-state index < -0.39 is 10.1 Å². The van der Waals surface area contributed by atoms with E-state index in [1.165, 1.54) is 6.20 Å². The van der Waals surface area contributed by atoms with Crippen LogP contribution in [-0.2, 0) is 27.3 Å². The van der Waals surface area contributed by atoms with Crippen LogP contribution in [-0.4, -0.2) is 35.8 Å². The standard InChI is InChI=1S/C17H16ClN3O5S/c1-10-17(16(26-21-10)9-25-27(2,23)24)13-8-19-20-14(13)7-15(22)11-3-5-12(18)6-4-11/h3-6,8H,7,9H2,1-2H3,(H,19,20). The van der Waals surface area contributed by atoms with Gasteiger partial charge in [0.25, 0.3) is 10.1 Å². The van der Waals surface area contributed by atoms with Crippen LogP contribution in [0.1, 0.15) is 27.5 Å². The van der Waals surface area contributed by atoms with Gasteiger partial charge in [0.2, 0.25) is 0 Å². The van der Waals surface area contributed by atoms with Crippen LogP contribution in [0.3, 0.4) is 0 Å². The third kappa shape index (κ3) is 4.62. The molecule has 3 aromatic rings. The predicted octanol–water partition coefficient (Wildman–Crippen LogP) is 2.93. The average molecular weight is 410 g/mol. The second kappa shape index (κ2) is 7.63. The number of Topliss-reactive ketones (excluding diaryl/α,β-unsaturated/α-hetero) is 1. The lowest BCUT2D eigenvalue weighted by molar-refractivity contribution is 0.0992. The molecule has 0 radical (unpaired) electrons. The van der Waals surface area contributed by atoms with Crippen molar-refractivity contribution in [2.24, 2.45) is 0 Å². The third-order valence-corrected chi connectivity index (χ3v) is 4.63. The van der Waals surface area contributed by atoms with Gasteiger partial charge in [-0.05, 0) is 31.2 Å². The van der Waals surface area contributed by atoms with Gasteiger partial charge in [-0.3, -0.25) is 14.1 Å². The van der Waals surface area contributed by atoms with E-state index in [0.29, 0.717) is 33.1 Å². The number of hydrogen-bond donors (Lipinski definition) is 1. The van der Waals surface area contributed by atoms with Gasteiger partial charge in [0.05, 0.1) is 35.8 Å². The summed E-state index contributed by atoms with van der Waals surface area (Å²) in [6, 6.07) is 6.59. The van der Waals surface area contributed by atoms with Crippen LogP contribution in [0.25, 0.3) is 11.1 Å². The van der Waals surface area contributed by atoms with E-state index in [2.05, 4.69) is 15.4 Å². The van der Waals surface area contributed by atoms with Crippen molar-refractivity contribution in [3.63, 3.8) is 0 Å². The Bertz CT molecular complexity index is 1070.